The van der Waals surface area contributed by atoms with Crippen LogP contribution in [0.25, 0.3) is 23.0 Å². The maximum Gasteiger partial charge on any atom is 0.256 e. The van der Waals surface area contributed by atoms with E-state index in [9.17, 15) is 14.0 Å². The average Bonchev–Trinajstić information content (AvgIpc) is 3.43. The molecule has 0 saturated heterocycles. The molecule has 0 unspecified atom stereocenters. The van der Waals surface area contributed by atoms with Crippen LogP contribution < -0.4 is 5.32 Å². The van der Waals surface area contributed by atoms with Crippen molar-refractivity contribution in [2.24, 2.45) is 0 Å². The summed E-state index contributed by atoms with van der Waals surface area (Å²) in [6, 6.07) is 15.1. The van der Waals surface area contributed by atoms with Crippen molar-refractivity contribution in [3.63, 3.8) is 0 Å². The number of Topliss-reactive ketones (excluding diaryl/α,β-unsaturated/α-hetero) is 1. The minimum absolute atomic E-state index is 0.0889. The van der Waals surface area contributed by atoms with E-state index >= 15 is 0 Å². The van der Waals surface area contributed by atoms with Crippen LogP contribution in [0, 0.1) is 5.82 Å². The van der Waals surface area contributed by atoms with Gasteiger partial charge in [-0.15, -0.1) is 0 Å². The van der Waals surface area contributed by atoms with Gasteiger partial charge in [0.1, 0.15) is 17.3 Å². The largest absolute Gasteiger partial charge is 0.457 e. The van der Waals surface area contributed by atoms with E-state index in [1.54, 1.807) is 24.3 Å². The van der Waals surface area contributed by atoms with E-state index in [0.717, 1.165) is 38.0 Å². The molecule has 176 valence electrons. The first-order chi connectivity index (χ1) is 16.5. The predicted molar refractivity (Wildman–Crippen MR) is 133 cm³/mol. The number of fused-ring (bicyclic) bond motifs is 1. The van der Waals surface area contributed by atoms with Crippen LogP contribution in [-0.4, -0.2) is 36.2 Å². The number of carbonyl (C=O) groups is 2. The number of unbranched alkanes of at least 4 members (excludes halogenated alkanes) is 1. The average molecular weight is 461 g/mol. The third-order valence-corrected chi connectivity index (χ3v) is 6.19. The molecule has 1 aromatic heterocycles. The molecule has 2 heterocycles. The van der Waals surface area contributed by atoms with Gasteiger partial charge in [0.25, 0.3) is 5.91 Å². The molecule has 6 heteroatoms. The number of nitrogens with zero attached hydrogens (tertiary/aromatic N) is 1. The fourth-order valence-corrected chi connectivity index (χ4v) is 4.26. The number of hydrogen-bond donors (Lipinski definition) is 1. The first-order valence-corrected chi connectivity index (χ1v) is 11.8. The molecule has 0 spiro atoms. The Bertz CT molecular complexity index is 1220. The van der Waals surface area contributed by atoms with Crippen molar-refractivity contribution in [3.8, 4) is 11.3 Å². The second-order valence-electron chi connectivity index (χ2n) is 8.36. The predicted octanol–water partition coefficient (Wildman–Crippen LogP) is 6.27. The van der Waals surface area contributed by atoms with Gasteiger partial charge >= 0.3 is 0 Å². The first kappa shape index (κ1) is 23.6. The van der Waals surface area contributed by atoms with Gasteiger partial charge in [0.05, 0.1) is 5.57 Å². The zero-order chi connectivity index (χ0) is 24.1. The molecule has 0 atom stereocenters. The van der Waals surface area contributed by atoms with Crippen LogP contribution in [0.3, 0.4) is 0 Å². The van der Waals surface area contributed by atoms with Gasteiger partial charge in [0, 0.05) is 28.8 Å². The molecule has 3 aromatic rings. The summed E-state index contributed by atoms with van der Waals surface area (Å²) in [6.45, 7) is 7.33. The van der Waals surface area contributed by atoms with Gasteiger partial charge in [0.15, 0.2) is 5.78 Å². The summed E-state index contributed by atoms with van der Waals surface area (Å²) >= 11 is 0. The lowest BCUT2D eigenvalue weighted by molar-refractivity contribution is -0.110. The smallest absolute Gasteiger partial charge is 0.256 e. The van der Waals surface area contributed by atoms with Crippen LogP contribution >= 0.6 is 0 Å². The fourth-order valence-electron chi connectivity index (χ4n) is 4.26. The van der Waals surface area contributed by atoms with E-state index in [1.165, 1.54) is 12.1 Å². The number of furan rings is 1. The summed E-state index contributed by atoms with van der Waals surface area (Å²) in [5.41, 5.74) is 2.77. The molecule has 5 nitrogen and oxygen atoms in total. The summed E-state index contributed by atoms with van der Waals surface area (Å²) in [6.07, 6.45) is 3.91. The van der Waals surface area contributed by atoms with Crippen LogP contribution in [0.2, 0.25) is 0 Å². The zero-order valence-corrected chi connectivity index (χ0v) is 19.6. The molecule has 0 bridgehead atoms. The number of amides is 1. The van der Waals surface area contributed by atoms with E-state index in [1.807, 2.05) is 24.3 Å². The van der Waals surface area contributed by atoms with Gasteiger partial charge in [-0.05, 0) is 68.9 Å². The monoisotopic (exact) mass is 460 g/mol. The standard InChI is InChI=1S/C28H29FN2O3/c1-3-31(4-2)16-8-7-11-26(32)21-9-5-6-10-22(21)27-15-13-20(34-27)18-24-23-17-19(29)12-14-25(23)30-28(24)33/h5-6,9-10,12-15,17-18H,3-4,7-8,11,16H2,1-2H3,(H,30,33)/b24-18+. The summed E-state index contributed by atoms with van der Waals surface area (Å²) in [5, 5.41) is 2.73. The van der Waals surface area contributed by atoms with Crippen LogP contribution in [0.5, 0.6) is 0 Å². The Hall–Kier alpha value is -3.51. The topological polar surface area (TPSA) is 62.6 Å². The van der Waals surface area contributed by atoms with E-state index in [2.05, 4.69) is 24.1 Å². The highest BCUT2D eigenvalue weighted by molar-refractivity contribution is 6.34. The molecule has 1 aliphatic rings. The van der Waals surface area contributed by atoms with Gasteiger partial charge in [-0.3, -0.25) is 9.59 Å². The molecule has 0 aliphatic carbocycles. The molecule has 0 saturated carbocycles. The molecular weight excluding hydrogens is 431 g/mol. The van der Waals surface area contributed by atoms with Gasteiger partial charge in [-0.1, -0.05) is 38.1 Å². The number of halogens is 1. The number of rotatable bonds is 10. The van der Waals surface area contributed by atoms with Crippen LogP contribution in [0.15, 0.2) is 59.0 Å². The van der Waals surface area contributed by atoms with Crippen molar-refractivity contribution in [2.75, 3.05) is 25.0 Å². The van der Waals surface area contributed by atoms with Gasteiger partial charge in [0.2, 0.25) is 0 Å². The SMILES string of the molecule is CCN(CC)CCCCC(=O)c1ccccc1-c1ccc(/C=C2/C(=O)Nc3ccc(F)cc32)o1. The summed E-state index contributed by atoms with van der Waals surface area (Å²) in [7, 11) is 0. The maximum absolute atomic E-state index is 13.7. The van der Waals surface area contributed by atoms with Gasteiger partial charge in [-0.25, -0.2) is 4.39 Å². The molecule has 0 fully saturated rings. The number of hydrogen-bond acceptors (Lipinski definition) is 4. The fraction of sp³-hybridized carbons (Fsp3) is 0.286. The minimum atomic E-state index is -0.411. The summed E-state index contributed by atoms with van der Waals surface area (Å²) in [5.74, 6) is 0.381. The van der Waals surface area contributed by atoms with Gasteiger partial charge < -0.3 is 14.6 Å². The second kappa shape index (κ2) is 10.6. The quantitative estimate of drug-likeness (QED) is 0.220. The highest BCUT2D eigenvalue weighted by Gasteiger charge is 2.25. The second-order valence-corrected chi connectivity index (χ2v) is 8.36. The van der Waals surface area contributed by atoms with Crippen molar-refractivity contribution in [3.05, 3.63) is 77.3 Å². The molecule has 0 radical (unpaired) electrons. The van der Waals surface area contributed by atoms with Crippen LogP contribution in [0.4, 0.5) is 10.1 Å². The lowest BCUT2D eigenvalue weighted by Crippen LogP contribution is -2.24. The van der Waals surface area contributed by atoms with Crippen LogP contribution in [0.1, 0.15) is 54.8 Å². The molecule has 34 heavy (non-hydrogen) atoms. The summed E-state index contributed by atoms with van der Waals surface area (Å²) < 4.78 is 19.7. The van der Waals surface area contributed by atoms with Crippen molar-refractivity contribution >= 4 is 29.0 Å². The Morgan fingerprint density at radius 2 is 1.82 bits per heavy atom. The minimum Gasteiger partial charge on any atom is -0.457 e. The number of benzene rings is 2. The Balaban J connectivity index is 1.51. The summed E-state index contributed by atoms with van der Waals surface area (Å²) in [4.78, 5) is 27.7. The van der Waals surface area contributed by atoms with Gasteiger partial charge in [-0.2, -0.15) is 0 Å². The van der Waals surface area contributed by atoms with Crippen molar-refractivity contribution in [1.29, 1.82) is 0 Å². The molecule has 1 N–H and O–H groups in total. The third kappa shape index (κ3) is 5.18. The van der Waals surface area contributed by atoms with E-state index in [-0.39, 0.29) is 11.7 Å². The normalized spacial score (nSPS) is 14.0. The molecule has 1 amide bonds. The number of ketones is 1. The number of anilines is 1. The molecule has 1 aliphatic heterocycles. The molecular formula is C28H29FN2O3. The Kier molecular flexibility index (Phi) is 7.38. The van der Waals surface area contributed by atoms with E-state index in [4.69, 9.17) is 4.42 Å². The highest BCUT2D eigenvalue weighted by Crippen LogP contribution is 2.35. The zero-order valence-electron chi connectivity index (χ0n) is 19.6. The Morgan fingerprint density at radius 3 is 2.62 bits per heavy atom. The number of nitrogens with one attached hydrogen (secondary N) is 1. The first-order valence-electron chi connectivity index (χ1n) is 11.8. The Labute approximate surface area is 199 Å². The molecule has 4 rings (SSSR count). The van der Waals surface area contributed by atoms with Crippen LogP contribution in [-0.2, 0) is 4.79 Å². The third-order valence-electron chi connectivity index (χ3n) is 6.19. The Morgan fingerprint density at radius 1 is 1.03 bits per heavy atom. The lowest BCUT2D eigenvalue weighted by Gasteiger charge is -2.17. The van der Waals surface area contributed by atoms with Crippen molar-refractivity contribution in [2.45, 2.75) is 33.1 Å². The lowest BCUT2D eigenvalue weighted by atomic mass is 9.98. The van der Waals surface area contributed by atoms with E-state index < -0.39 is 5.82 Å². The number of carbonyl (C=O) groups excluding carboxylic acids is 2. The van der Waals surface area contributed by atoms with Crippen molar-refractivity contribution < 1.29 is 18.4 Å². The van der Waals surface area contributed by atoms with Crippen molar-refractivity contribution in [1.82, 2.24) is 4.90 Å². The molecule has 2 aromatic carbocycles. The van der Waals surface area contributed by atoms with E-state index in [0.29, 0.717) is 40.3 Å². The highest BCUT2D eigenvalue weighted by atomic mass is 19.1. The maximum atomic E-state index is 13.7.